The molecule has 0 heterocycles. The van der Waals surface area contributed by atoms with E-state index in [1.165, 1.54) is 22.9 Å². The van der Waals surface area contributed by atoms with Crippen LogP contribution in [0.2, 0.25) is 0 Å². The molecule has 0 saturated heterocycles. The van der Waals surface area contributed by atoms with Crippen molar-refractivity contribution in [1.29, 1.82) is 0 Å². The average molecular weight is 399 g/mol. The van der Waals surface area contributed by atoms with Crippen LogP contribution in [-0.2, 0) is 11.6 Å². The van der Waals surface area contributed by atoms with E-state index in [1.54, 1.807) is 0 Å². The molecule has 3 aromatic carbocycles. The first-order valence-corrected chi connectivity index (χ1v) is 9.46. The number of hydrogen-bond acceptors (Lipinski definition) is 0. The van der Waals surface area contributed by atoms with Crippen LogP contribution in [0.1, 0.15) is 23.6 Å². The minimum absolute atomic E-state index is 0. The minimum atomic E-state index is 0. The Morgan fingerprint density at radius 3 is 1.50 bits per heavy atom. The molecule has 0 aliphatic rings. The molecule has 0 nitrogen and oxygen atoms in total. The van der Waals surface area contributed by atoms with Crippen molar-refractivity contribution in [1.82, 2.24) is 0 Å². The number of benzene rings is 3. The van der Waals surface area contributed by atoms with Crippen molar-refractivity contribution in [2.75, 3.05) is 6.16 Å². The maximum absolute atomic E-state index is 2.30. The van der Waals surface area contributed by atoms with Gasteiger partial charge in [-0.05, 0) is 29.3 Å². The van der Waals surface area contributed by atoms with Crippen LogP contribution < -0.4 is 0 Å². The van der Waals surface area contributed by atoms with E-state index >= 15 is 0 Å². The lowest BCUT2D eigenvalue weighted by atomic mass is 9.85. The first kappa shape index (κ1) is 18.9. The van der Waals surface area contributed by atoms with Crippen LogP contribution in [0.3, 0.4) is 0 Å². The summed E-state index contributed by atoms with van der Waals surface area (Å²) >= 11 is 0. The Bertz CT molecular complexity index is 671. The first-order valence-electron chi connectivity index (χ1n) is 8.25. The standard InChI is InChI=1S/C22H23P.BrH/c1-2-23-22(20-14-8-4-9-15-20,21-16-10-5-11-17-21)18-19-12-6-3-7-13-19;/h3-17,23H,2,18H2,1H3;1H. The smallest absolute Gasteiger partial charge is 0.0412 e. The molecule has 124 valence electrons. The van der Waals surface area contributed by atoms with Gasteiger partial charge in [0.15, 0.2) is 0 Å². The average Bonchev–Trinajstić information content (AvgIpc) is 2.64. The number of hydrogen-bond donors (Lipinski definition) is 0. The molecule has 24 heavy (non-hydrogen) atoms. The molecule has 0 bridgehead atoms. The molecule has 0 amide bonds. The molecule has 3 aromatic rings. The van der Waals surface area contributed by atoms with Gasteiger partial charge in [-0.3, -0.25) is 0 Å². The van der Waals surface area contributed by atoms with Crippen molar-refractivity contribution in [3.05, 3.63) is 108 Å². The summed E-state index contributed by atoms with van der Waals surface area (Å²) in [5.74, 6) is 0. The van der Waals surface area contributed by atoms with Gasteiger partial charge in [0.1, 0.15) is 0 Å². The van der Waals surface area contributed by atoms with E-state index in [0.29, 0.717) is 0 Å². The summed E-state index contributed by atoms with van der Waals surface area (Å²) in [5, 5.41) is 0.0681. The fourth-order valence-corrected chi connectivity index (χ4v) is 4.96. The quantitative estimate of drug-likeness (QED) is 0.418. The van der Waals surface area contributed by atoms with Gasteiger partial charge >= 0.3 is 0 Å². The van der Waals surface area contributed by atoms with Gasteiger partial charge in [0.25, 0.3) is 0 Å². The van der Waals surface area contributed by atoms with Crippen molar-refractivity contribution in [3.63, 3.8) is 0 Å². The summed E-state index contributed by atoms with van der Waals surface area (Å²) in [6.45, 7) is 2.30. The predicted molar refractivity (Wildman–Crippen MR) is 113 cm³/mol. The topological polar surface area (TPSA) is 0 Å². The highest BCUT2D eigenvalue weighted by Gasteiger charge is 2.33. The molecule has 0 aliphatic carbocycles. The summed E-state index contributed by atoms with van der Waals surface area (Å²) in [6.07, 6.45) is 2.24. The van der Waals surface area contributed by atoms with E-state index in [-0.39, 0.29) is 22.1 Å². The van der Waals surface area contributed by atoms with Crippen molar-refractivity contribution in [2.45, 2.75) is 18.5 Å². The van der Waals surface area contributed by atoms with E-state index in [2.05, 4.69) is 97.9 Å². The van der Waals surface area contributed by atoms with Crippen LogP contribution in [0.25, 0.3) is 0 Å². The molecular formula is C22H24BrP. The van der Waals surface area contributed by atoms with E-state index in [0.717, 1.165) is 15.0 Å². The molecule has 0 spiro atoms. The molecule has 0 radical (unpaired) electrons. The van der Waals surface area contributed by atoms with Gasteiger partial charge in [0, 0.05) is 5.16 Å². The zero-order chi connectivity index (χ0) is 16.0. The van der Waals surface area contributed by atoms with E-state index < -0.39 is 0 Å². The molecule has 3 rings (SSSR count). The van der Waals surface area contributed by atoms with Crippen LogP contribution in [0, 0.1) is 0 Å². The second kappa shape index (κ2) is 9.16. The Kier molecular flexibility index (Phi) is 7.21. The van der Waals surface area contributed by atoms with Gasteiger partial charge < -0.3 is 0 Å². The summed E-state index contributed by atoms with van der Waals surface area (Å²) in [5.41, 5.74) is 4.26. The van der Waals surface area contributed by atoms with Gasteiger partial charge in [0.05, 0.1) is 0 Å². The summed E-state index contributed by atoms with van der Waals surface area (Å²) in [6, 6.07) is 32.9. The zero-order valence-electron chi connectivity index (χ0n) is 14.0. The molecule has 0 fully saturated rings. The Hall–Kier alpha value is -1.43. The highest BCUT2D eigenvalue weighted by atomic mass is 79.9. The van der Waals surface area contributed by atoms with E-state index in [1.807, 2.05) is 0 Å². The lowest BCUT2D eigenvalue weighted by Crippen LogP contribution is -2.25. The van der Waals surface area contributed by atoms with Gasteiger partial charge in [0.2, 0.25) is 0 Å². The molecule has 2 heteroatoms. The van der Waals surface area contributed by atoms with Crippen LogP contribution in [0.15, 0.2) is 91.0 Å². The summed E-state index contributed by atoms with van der Waals surface area (Å²) < 4.78 is 0. The van der Waals surface area contributed by atoms with E-state index in [4.69, 9.17) is 0 Å². The minimum Gasteiger partial charge on any atom is -0.114 e. The van der Waals surface area contributed by atoms with Crippen LogP contribution >= 0.6 is 25.6 Å². The normalized spacial score (nSPS) is 11.4. The van der Waals surface area contributed by atoms with Crippen LogP contribution in [0.5, 0.6) is 0 Å². The van der Waals surface area contributed by atoms with Crippen molar-refractivity contribution in [3.8, 4) is 0 Å². The summed E-state index contributed by atoms with van der Waals surface area (Å²) in [4.78, 5) is 0. The molecule has 0 N–H and O–H groups in total. The third kappa shape index (κ3) is 4.15. The van der Waals surface area contributed by atoms with Gasteiger partial charge in [-0.25, -0.2) is 0 Å². The molecule has 0 aromatic heterocycles. The van der Waals surface area contributed by atoms with Gasteiger partial charge in [-0.15, -0.1) is 25.6 Å². The Morgan fingerprint density at radius 1 is 0.667 bits per heavy atom. The highest BCUT2D eigenvalue weighted by Crippen LogP contribution is 2.49. The van der Waals surface area contributed by atoms with Crippen molar-refractivity contribution < 1.29 is 0 Å². The Labute approximate surface area is 157 Å². The molecule has 0 aliphatic heterocycles. The van der Waals surface area contributed by atoms with Gasteiger partial charge in [-0.1, -0.05) is 97.9 Å². The first-order chi connectivity index (χ1) is 11.3. The van der Waals surface area contributed by atoms with E-state index in [9.17, 15) is 0 Å². The van der Waals surface area contributed by atoms with Crippen molar-refractivity contribution >= 4 is 25.6 Å². The van der Waals surface area contributed by atoms with Crippen LogP contribution in [0.4, 0.5) is 0 Å². The Morgan fingerprint density at radius 2 is 1.08 bits per heavy atom. The zero-order valence-corrected chi connectivity index (χ0v) is 16.7. The fourth-order valence-electron chi connectivity index (χ4n) is 3.29. The third-order valence-electron chi connectivity index (χ3n) is 4.32. The second-order valence-corrected chi connectivity index (χ2v) is 7.74. The molecular weight excluding hydrogens is 375 g/mol. The van der Waals surface area contributed by atoms with Gasteiger partial charge in [-0.2, -0.15) is 0 Å². The fraction of sp³-hybridized carbons (Fsp3) is 0.182. The molecule has 1 unspecified atom stereocenters. The second-order valence-electron chi connectivity index (χ2n) is 5.83. The number of halogens is 1. The van der Waals surface area contributed by atoms with Crippen molar-refractivity contribution in [2.24, 2.45) is 0 Å². The SMILES string of the molecule is Br.CCPC(Cc1ccccc1)(c1ccccc1)c1ccccc1. The number of rotatable bonds is 6. The monoisotopic (exact) mass is 398 g/mol. The van der Waals surface area contributed by atoms with Crippen LogP contribution in [-0.4, -0.2) is 6.16 Å². The summed E-state index contributed by atoms with van der Waals surface area (Å²) in [7, 11) is 0.857. The molecule has 1 atom stereocenters. The maximum atomic E-state index is 2.30. The largest absolute Gasteiger partial charge is 0.114 e. The lowest BCUT2D eigenvalue weighted by Gasteiger charge is -2.35. The predicted octanol–water partition coefficient (Wildman–Crippen LogP) is 6.45. The highest BCUT2D eigenvalue weighted by molar-refractivity contribution is 8.93. The maximum Gasteiger partial charge on any atom is 0.0412 e. The third-order valence-corrected chi connectivity index (χ3v) is 6.04. The Balaban J connectivity index is 0.00000208. The lowest BCUT2D eigenvalue weighted by molar-refractivity contribution is 0.726. The molecule has 0 saturated carbocycles.